The Morgan fingerprint density at radius 2 is 1.73 bits per heavy atom. The van der Waals surface area contributed by atoms with E-state index in [1.165, 1.54) is 32.4 Å². The molecule has 1 amide bonds. The van der Waals surface area contributed by atoms with Gasteiger partial charge in [0.05, 0.1) is 31.5 Å². The number of rotatable bonds is 10. The van der Waals surface area contributed by atoms with Gasteiger partial charge in [0, 0.05) is 17.7 Å². The van der Waals surface area contributed by atoms with Gasteiger partial charge in [0.1, 0.15) is 29.7 Å². The first-order chi connectivity index (χ1) is 19.4. The number of hydrogen-bond acceptors (Lipinski definition) is 6. The van der Waals surface area contributed by atoms with Crippen molar-refractivity contribution in [1.29, 1.82) is 5.26 Å². The minimum absolute atomic E-state index is 0.113. The van der Waals surface area contributed by atoms with E-state index < -0.39 is 5.91 Å². The third-order valence-corrected chi connectivity index (χ3v) is 6.61. The minimum Gasteiger partial charge on any atom is -0.495 e. The second-order valence-electron chi connectivity index (χ2n) is 8.82. The topological polar surface area (TPSA) is 89.8 Å². The molecule has 0 heterocycles. The quantitative estimate of drug-likeness (QED) is 0.162. The van der Waals surface area contributed by atoms with Gasteiger partial charge in [-0.3, -0.25) is 4.79 Å². The highest BCUT2D eigenvalue weighted by Gasteiger charge is 2.16. The SMILES string of the molecule is CCOc1cc(/C=C(\C#N)C(=O)Nc2cc(OC)c(Cl)cc2OC)ccc1OCc1c(C)ccc2ccccc12. The number of amides is 1. The fourth-order valence-electron chi connectivity index (χ4n) is 4.25. The first-order valence-electron chi connectivity index (χ1n) is 12.6. The summed E-state index contributed by atoms with van der Waals surface area (Å²) in [7, 11) is 2.92. The Morgan fingerprint density at radius 3 is 2.45 bits per heavy atom. The van der Waals surface area contributed by atoms with E-state index in [0.29, 0.717) is 52.5 Å². The van der Waals surface area contributed by atoms with Crippen LogP contribution in [-0.4, -0.2) is 26.7 Å². The molecule has 0 saturated heterocycles. The van der Waals surface area contributed by atoms with Crippen LogP contribution in [0.2, 0.25) is 5.02 Å². The largest absolute Gasteiger partial charge is 0.495 e. The lowest BCUT2D eigenvalue weighted by atomic mass is 10.0. The fourth-order valence-corrected chi connectivity index (χ4v) is 4.48. The van der Waals surface area contributed by atoms with Crippen molar-refractivity contribution in [3.8, 4) is 29.1 Å². The Morgan fingerprint density at radius 1 is 0.950 bits per heavy atom. The van der Waals surface area contributed by atoms with Crippen LogP contribution in [-0.2, 0) is 11.4 Å². The molecule has 0 unspecified atom stereocenters. The number of anilines is 1. The summed E-state index contributed by atoms with van der Waals surface area (Å²) in [6.45, 7) is 4.72. The average Bonchev–Trinajstić information content (AvgIpc) is 2.96. The van der Waals surface area contributed by atoms with Gasteiger partial charge in [-0.15, -0.1) is 0 Å². The summed E-state index contributed by atoms with van der Waals surface area (Å²) in [5.41, 5.74) is 3.04. The number of carbonyl (C=O) groups excluding carboxylic acids is 1. The molecule has 0 aliphatic rings. The highest BCUT2D eigenvalue weighted by molar-refractivity contribution is 6.32. The molecule has 4 aromatic rings. The standard InChI is InChI=1S/C32H29ClN2O5/c1-5-39-31-15-21(11-13-28(31)40-19-25-20(2)10-12-22-8-6-7-9-24(22)25)14-23(18-34)32(36)35-27-17-29(37-3)26(33)16-30(27)38-4/h6-17H,5,19H2,1-4H3,(H,35,36)/b23-14+. The number of benzene rings is 4. The molecular weight excluding hydrogens is 528 g/mol. The highest BCUT2D eigenvalue weighted by atomic mass is 35.5. The minimum atomic E-state index is -0.616. The zero-order chi connectivity index (χ0) is 28.6. The van der Waals surface area contributed by atoms with Crippen molar-refractivity contribution in [2.45, 2.75) is 20.5 Å². The molecule has 1 N–H and O–H groups in total. The molecule has 7 nitrogen and oxygen atoms in total. The van der Waals surface area contributed by atoms with Gasteiger partial charge in [0.2, 0.25) is 0 Å². The van der Waals surface area contributed by atoms with E-state index in [1.54, 1.807) is 18.2 Å². The smallest absolute Gasteiger partial charge is 0.266 e. The monoisotopic (exact) mass is 556 g/mol. The molecule has 204 valence electrons. The Bertz CT molecular complexity index is 1620. The van der Waals surface area contributed by atoms with Crippen LogP contribution < -0.4 is 24.3 Å². The number of carbonyl (C=O) groups is 1. The summed E-state index contributed by atoms with van der Waals surface area (Å²) in [5, 5.41) is 15.1. The Kier molecular flexibility index (Phi) is 9.15. The van der Waals surface area contributed by atoms with Gasteiger partial charge in [-0.05, 0) is 54.0 Å². The molecule has 0 aromatic heterocycles. The molecule has 4 rings (SSSR count). The third-order valence-electron chi connectivity index (χ3n) is 6.31. The van der Waals surface area contributed by atoms with Crippen molar-refractivity contribution in [2.24, 2.45) is 0 Å². The molecule has 0 spiro atoms. The summed E-state index contributed by atoms with van der Waals surface area (Å²) < 4.78 is 22.6. The number of aryl methyl sites for hydroxylation is 1. The first kappa shape index (κ1) is 28.3. The maximum atomic E-state index is 13.0. The lowest BCUT2D eigenvalue weighted by molar-refractivity contribution is -0.112. The number of hydrogen-bond donors (Lipinski definition) is 1. The second kappa shape index (κ2) is 12.9. The molecule has 0 aliphatic heterocycles. The molecule has 40 heavy (non-hydrogen) atoms. The lowest BCUT2D eigenvalue weighted by Gasteiger charge is -2.15. The summed E-state index contributed by atoms with van der Waals surface area (Å²) >= 11 is 6.15. The van der Waals surface area contributed by atoms with Crippen LogP contribution in [0.15, 0.2) is 72.3 Å². The van der Waals surface area contributed by atoms with Crippen molar-refractivity contribution in [2.75, 3.05) is 26.1 Å². The zero-order valence-corrected chi connectivity index (χ0v) is 23.5. The molecule has 0 bridgehead atoms. The number of fused-ring (bicyclic) bond motifs is 1. The van der Waals surface area contributed by atoms with Gasteiger partial charge in [-0.2, -0.15) is 5.26 Å². The predicted molar refractivity (Wildman–Crippen MR) is 157 cm³/mol. The van der Waals surface area contributed by atoms with Gasteiger partial charge in [-0.25, -0.2) is 0 Å². The van der Waals surface area contributed by atoms with Crippen LogP contribution in [0.3, 0.4) is 0 Å². The van der Waals surface area contributed by atoms with Gasteiger partial charge >= 0.3 is 0 Å². The van der Waals surface area contributed by atoms with Crippen molar-refractivity contribution in [1.82, 2.24) is 0 Å². The van der Waals surface area contributed by atoms with E-state index in [0.717, 1.165) is 21.9 Å². The average molecular weight is 557 g/mol. The van der Waals surface area contributed by atoms with Crippen LogP contribution in [0.25, 0.3) is 16.8 Å². The second-order valence-corrected chi connectivity index (χ2v) is 9.23. The molecule has 0 radical (unpaired) electrons. The zero-order valence-electron chi connectivity index (χ0n) is 22.7. The normalized spacial score (nSPS) is 11.1. The van der Waals surface area contributed by atoms with Crippen molar-refractivity contribution < 1.29 is 23.7 Å². The Hall–Kier alpha value is -4.67. The molecule has 0 fully saturated rings. The van der Waals surface area contributed by atoms with Crippen molar-refractivity contribution >= 4 is 40.0 Å². The van der Waals surface area contributed by atoms with Crippen molar-refractivity contribution in [3.05, 3.63) is 94.0 Å². The van der Waals surface area contributed by atoms with Gasteiger partial charge in [0.15, 0.2) is 11.5 Å². The summed E-state index contributed by atoms with van der Waals surface area (Å²) in [5.74, 6) is 1.15. The summed E-state index contributed by atoms with van der Waals surface area (Å²) in [4.78, 5) is 13.0. The number of nitrogens with one attached hydrogen (secondary N) is 1. The number of nitriles is 1. The van der Waals surface area contributed by atoms with E-state index in [-0.39, 0.29) is 5.57 Å². The Labute approximate surface area is 238 Å². The molecule has 4 aromatic carbocycles. The molecule has 0 saturated carbocycles. The summed E-state index contributed by atoms with van der Waals surface area (Å²) in [6.07, 6.45) is 1.48. The number of nitrogens with zero attached hydrogens (tertiary/aromatic N) is 1. The molecular formula is C32H29ClN2O5. The lowest BCUT2D eigenvalue weighted by Crippen LogP contribution is -2.14. The van der Waals surface area contributed by atoms with Crippen LogP contribution in [0.1, 0.15) is 23.6 Å². The van der Waals surface area contributed by atoms with Crippen LogP contribution in [0.5, 0.6) is 23.0 Å². The van der Waals surface area contributed by atoms with E-state index in [2.05, 4.69) is 36.5 Å². The van der Waals surface area contributed by atoms with E-state index in [9.17, 15) is 10.1 Å². The first-order valence-corrected chi connectivity index (χ1v) is 13.0. The van der Waals surface area contributed by atoms with Gasteiger partial charge < -0.3 is 24.3 Å². The van der Waals surface area contributed by atoms with Crippen LogP contribution in [0, 0.1) is 18.3 Å². The van der Waals surface area contributed by atoms with Crippen LogP contribution >= 0.6 is 11.6 Å². The fraction of sp³-hybridized carbons (Fsp3) is 0.188. The van der Waals surface area contributed by atoms with Gasteiger partial charge in [0.25, 0.3) is 5.91 Å². The highest BCUT2D eigenvalue weighted by Crippen LogP contribution is 2.36. The van der Waals surface area contributed by atoms with Gasteiger partial charge in [-0.1, -0.05) is 54.1 Å². The maximum absolute atomic E-state index is 13.0. The molecule has 0 atom stereocenters. The van der Waals surface area contributed by atoms with E-state index >= 15 is 0 Å². The summed E-state index contributed by atoms with van der Waals surface area (Å²) in [6, 6.07) is 22.7. The number of halogens is 1. The van der Waals surface area contributed by atoms with Crippen LogP contribution in [0.4, 0.5) is 5.69 Å². The maximum Gasteiger partial charge on any atom is 0.266 e. The Balaban J connectivity index is 1.58. The van der Waals surface area contributed by atoms with Crippen molar-refractivity contribution in [3.63, 3.8) is 0 Å². The van der Waals surface area contributed by atoms with E-state index in [1.807, 2.05) is 25.1 Å². The third kappa shape index (κ3) is 6.31. The molecule has 8 heteroatoms. The predicted octanol–water partition coefficient (Wildman–Crippen LogP) is 7.34. The molecule has 0 aliphatic carbocycles. The number of ether oxygens (including phenoxy) is 4. The number of methoxy groups -OCH3 is 2. The van der Waals surface area contributed by atoms with E-state index in [4.69, 9.17) is 30.5 Å².